The number of nitrogens with two attached hydrogens (primary N) is 1. The number of carboxylic acid groups (broad SMARTS) is 2. The number of aromatic nitrogens is 2. The van der Waals surface area contributed by atoms with Crippen LogP contribution in [-0.4, -0.2) is 32.1 Å². The maximum Gasteiger partial charge on any atom is 0.328 e. The Kier molecular flexibility index (Phi) is 6.91. The van der Waals surface area contributed by atoms with Gasteiger partial charge < -0.3 is 15.9 Å². The molecule has 0 aliphatic carbocycles. The van der Waals surface area contributed by atoms with Crippen molar-refractivity contribution in [2.45, 2.75) is 6.54 Å². The lowest BCUT2D eigenvalue weighted by molar-refractivity contribution is -0.134. The lowest BCUT2D eigenvalue weighted by atomic mass is 10.5. The Morgan fingerprint density at radius 2 is 1.62 bits per heavy atom. The van der Waals surface area contributed by atoms with Crippen molar-refractivity contribution >= 4 is 11.9 Å². The third kappa shape index (κ3) is 8.32. The summed E-state index contributed by atoms with van der Waals surface area (Å²) >= 11 is 0. The van der Waals surface area contributed by atoms with E-state index in [9.17, 15) is 9.59 Å². The van der Waals surface area contributed by atoms with E-state index in [1.54, 1.807) is 18.5 Å². The van der Waals surface area contributed by atoms with Gasteiger partial charge in [0, 0.05) is 24.5 Å². The second-order valence-electron chi connectivity index (χ2n) is 2.38. The smallest absolute Gasteiger partial charge is 0.328 e. The lowest BCUT2D eigenvalue weighted by Crippen LogP contribution is -2.00. The Labute approximate surface area is 91.3 Å². The Morgan fingerprint density at radius 1 is 1.19 bits per heavy atom. The highest BCUT2D eigenvalue weighted by Gasteiger charge is 1.88. The fraction of sp³-hybridized carbons (Fsp3) is 0.111. The summed E-state index contributed by atoms with van der Waals surface area (Å²) in [7, 11) is 0. The Balaban J connectivity index is 0.000000281. The number of hydrogen-bond acceptors (Lipinski definition) is 5. The molecule has 16 heavy (non-hydrogen) atoms. The molecule has 1 heterocycles. The molecule has 0 bridgehead atoms. The van der Waals surface area contributed by atoms with Gasteiger partial charge >= 0.3 is 11.9 Å². The molecule has 1 rings (SSSR count). The van der Waals surface area contributed by atoms with Crippen LogP contribution in [0.3, 0.4) is 0 Å². The average Bonchev–Trinajstić information content (AvgIpc) is 2.28. The van der Waals surface area contributed by atoms with Gasteiger partial charge in [-0.3, -0.25) is 0 Å². The van der Waals surface area contributed by atoms with Crippen molar-refractivity contribution in [3.05, 3.63) is 36.4 Å². The highest BCUT2D eigenvalue weighted by Crippen LogP contribution is 1.81. The van der Waals surface area contributed by atoms with Crippen LogP contribution in [0.25, 0.3) is 0 Å². The van der Waals surface area contributed by atoms with Crippen molar-refractivity contribution < 1.29 is 19.8 Å². The summed E-state index contributed by atoms with van der Waals surface area (Å²) in [4.78, 5) is 26.8. The van der Waals surface area contributed by atoms with Gasteiger partial charge in [-0.1, -0.05) is 0 Å². The van der Waals surface area contributed by atoms with E-state index in [0.29, 0.717) is 24.5 Å². The highest BCUT2D eigenvalue weighted by molar-refractivity contribution is 5.89. The van der Waals surface area contributed by atoms with Crippen LogP contribution in [-0.2, 0) is 16.1 Å². The maximum absolute atomic E-state index is 9.55. The number of aliphatic carboxylic acids is 2. The standard InChI is InChI=1S/C5H7N3.C4H4O4/c6-4-5-7-2-1-3-8-5;5-3(6)1-2-4(7)8/h1-3H,4,6H2;1-2H,(H,5,6)(H,7,8). The van der Waals surface area contributed by atoms with E-state index in [1.165, 1.54) is 0 Å². The highest BCUT2D eigenvalue weighted by atomic mass is 16.4. The number of nitrogens with zero attached hydrogens (tertiary/aromatic N) is 2. The van der Waals surface area contributed by atoms with Crippen LogP contribution < -0.4 is 5.73 Å². The van der Waals surface area contributed by atoms with E-state index in [0.717, 1.165) is 0 Å². The van der Waals surface area contributed by atoms with Gasteiger partial charge in [-0.2, -0.15) is 0 Å². The summed E-state index contributed by atoms with van der Waals surface area (Å²) in [6.07, 6.45) is 4.47. The summed E-state index contributed by atoms with van der Waals surface area (Å²) in [6.45, 7) is 0.418. The normalized spacial score (nSPS) is 9.31. The van der Waals surface area contributed by atoms with Crippen LogP contribution in [0, 0.1) is 0 Å². The first kappa shape index (κ1) is 13.7. The summed E-state index contributed by atoms with van der Waals surface area (Å²) < 4.78 is 0. The number of carbonyl (C=O) groups is 2. The monoisotopic (exact) mass is 225 g/mol. The molecule has 1 aromatic heterocycles. The largest absolute Gasteiger partial charge is 0.478 e. The van der Waals surface area contributed by atoms with Crippen LogP contribution in [0.15, 0.2) is 30.6 Å². The predicted octanol–water partition coefficient (Wildman–Crippen LogP) is -0.353. The quantitative estimate of drug-likeness (QED) is 0.600. The van der Waals surface area contributed by atoms with Gasteiger partial charge in [0.25, 0.3) is 0 Å². The van der Waals surface area contributed by atoms with Crippen molar-refractivity contribution in [1.29, 1.82) is 0 Å². The topological polar surface area (TPSA) is 126 Å². The van der Waals surface area contributed by atoms with Gasteiger partial charge in [-0.05, 0) is 6.07 Å². The van der Waals surface area contributed by atoms with Gasteiger partial charge in [-0.25, -0.2) is 19.6 Å². The molecule has 0 saturated heterocycles. The first-order valence-electron chi connectivity index (χ1n) is 4.16. The molecule has 86 valence electrons. The van der Waals surface area contributed by atoms with Crippen LogP contribution >= 0.6 is 0 Å². The zero-order valence-electron chi connectivity index (χ0n) is 8.28. The van der Waals surface area contributed by atoms with E-state index in [2.05, 4.69) is 9.97 Å². The molecule has 7 heteroatoms. The second kappa shape index (κ2) is 8.06. The predicted molar refractivity (Wildman–Crippen MR) is 54.3 cm³/mol. The Morgan fingerprint density at radius 3 is 1.88 bits per heavy atom. The molecule has 0 fully saturated rings. The minimum atomic E-state index is -1.26. The van der Waals surface area contributed by atoms with Crippen molar-refractivity contribution in [3.63, 3.8) is 0 Å². The van der Waals surface area contributed by atoms with Gasteiger partial charge in [0.2, 0.25) is 0 Å². The zero-order chi connectivity index (χ0) is 12.4. The number of hydrogen-bond donors (Lipinski definition) is 3. The van der Waals surface area contributed by atoms with Gasteiger partial charge in [0.05, 0.1) is 6.54 Å². The molecule has 4 N–H and O–H groups in total. The molecule has 0 radical (unpaired) electrons. The molecular formula is C9H11N3O4. The molecule has 0 aliphatic heterocycles. The average molecular weight is 225 g/mol. The van der Waals surface area contributed by atoms with Crippen LogP contribution in [0.2, 0.25) is 0 Å². The maximum atomic E-state index is 9.55. The van der Waals surface area contributed by atoms with E-state index < -0.39 is 11.9 Å². The van der Waals surface area contributed by atoms with Gasteiger partial charge in [-0.15, -0.1) is 0 Å². The Hall–Kier alpha value is -2.28. The molecule has 7 nitrogen and oxygen atoms in total. The summed E-state index contributed by atoms with van der Waals surface area (Å²) in [5.41, 5.74) is 5.22. The molecule has 0 amide bonds. The fourth-order valence-electron chi connectivity index (χ4n) is 0.578. The van der Waals surface area contributed by atoms with Crippen molar-refractivity contribution in [2.24, 2.45) is 5.73 Å². The molecule has 0 spiro atoms. The fourth-order valence-corrected chi connectivity index (χ4v) is 0.578. The van der Waals surface area contributed by atoms with Crippen molar-refractivity contribution in [3.8, 4) is 0 Å². The van der Waals surface area contributed by atoms with E-state index >= 15 is 0 Å². The summed E-state index contributed by atoms with van der Waals surface area (Å²) in [5, 5.41) is 15.6. The second-order valence-corrected chi connectivity index (χ2v) is 2.38. The van der Waals surface area contributed by atoms with Gasteiger partial charge in [0.1, 0.15) is 5.82 Å². The molecule has 0 unspecified atom stereocenters. The van der Waals surface area contributed by atoms with E-state index in [4.69, 9.17) is 15.9 Å². The molecular weight excluding hydrogens is 214 g/mol. The van der Waals surface area contributed by atoms with Crippen molar-refractivity contribution in [2.75, 3.05) is 0 Å². The van der Waals surface area contributed by atoms with Crippen LogP contribution in [0.4, 0.5) is 0 Å². The molecule has 0 saturated carbocycles. The minimum Gasteiger partial charge on any atom is -0.478 e. The summed E-state index contributed by atoms with van der Waals surface area (Å²) in [6, 6.07) is 1.76. The van der Waals surface area contributed by atoms with Crippen LogP contribution in [0.1, 0.15) is 5.82 Å². The van der Waals surface area contributed by atoms with Crippen molar-refractivity contribution in [1.82, 2.24) is 9.97 Å². The van der Waals surface area contributed by atoms with Crippen LogP contribution in [0.5, 0.6) is 0 Å². The first-order valence-corrected chi connectivity index (χ1v) is 4.16. The molecule has 1 aromatic rings. The first-order chi connectivity index (χ1) is 7.56. The summed E-state index contributed by atoms with van der Waals surface area (Å²) in [5.74, 6) is -1.83. The third-order valence-corrected chi connectivity index (χ3v) is 1.17. The molecule has 0 atom stereocenters. The number of rotatable bonds is 3. The SMILES string of the molecule is NCc1ncccn1.O=C(O)C=CC(=O)O. The zero-order valence-corrected chi connectivity index (χ0v) is 8.28. The molecule has 0 aliphatic rings. The third-order valence-electron chi connectivity index (χ3n) is 1.17. The van der Waals surface area contributed by atoms with Gasteiger partial charge in [0.15, 0.2) is 0 Å². The minimum absolute atomic E-state index is 0.418. The molecule has 0 aromatic carbocycles. The Bertz CT molecular complexity index is 348. The lowest BCUT2D eigenvalue weighted by Gasteiger charge is -1.88. The van der Waals surface area contributed by atoms with E-state index in [1.807, 2.05) is 0 Å². The van der Waals surface area contributed by atoms with E-state index in [-0.39, 0.29) is 0 Å². The number of carboxylic acids is 2.